The molecule has 0 radical (unpaired) electrons. The first-order chi connectivity index (χ1) is 7.51. The molecule has 0 aliphatic carbocycles. The lowest BCUT2D eigenvalue weighted by Gasteiger charge is -2.16. The fraction of sp³-hybridized carbons (Fsp3) is 0.538. The lowest BCUT2D eigenvalue weighted by atomic mass is 9.92. The van der Waals surface area contributed by atoms with Crippen LogP contribution >= 0.6 is 27.5 Å². The van der Waals surface area contributed by atoms with Crippen LogP contribution < -0.4 is 0 Å². The molecule has 0 fully saturated rings. The molecule has 1 atom stereocenters. The minimum Gasteiger partial charge on any atom is -0.207 e. The van der Waals surface area contributed by atoms with Crippen LogP contribution in [0.2, 0.25) is 0 Å². The smallest absolute Gasteiger partial charge is 0.124 e. The van der Waals surface area contributed by atoms with E-state index < -0.39 is 0 Å². The molecular weight excluding hydrogens is 290 g/mol. The third-order valence-corrected chi connectivity index (χ3v) is 3.36. The van der Waals surface area contributed by atoms with E-state index >= 15 is 0 Å². The highest BCUT2D eigenvalue weighted by molar-refractivity contribution is 9.10. The van der Waals surface area contributed by atoms with Crippen LogP contribution in [0.5, 0.6) is 0 Å². The molecule has 0 bridgehead atoms. The predicted molar refractivity (Wildman–Crippen MR) is 71.5 cm³/mol. The van der Waals surface area contributed by atoms with Crippen LogP contribution in [0.1, 0.15) is 25.8 Å². The van der Waals surface area contributed by atoms with Gasteiger partial charge in [0, 0.05) is 10.4 Å². The molecule has 1 rings (SSSR count). The minimum atomic E-state index is -0.192. The molecular formula is C13H17BrClF. The maximum absolute atomic E-state index is 13.2. The summed E-state index contributed by atoms with van der Waals surface area (Å²) in [7, 11) is 0. The Balaban J connectivity index is 2.69. The second-order valence-electron chi connectivity index (χ2n) is 4.63. The molecule has 0 aromatic heterocycles. The molecule has 0 saturated carbocycles. The normalized spacial score (nSPS) is 13.1. The Kier molecular flexibility index (Phi) is 5.77. The zero-order valence-corrected chi connectivity index (χ0v) is 12.0. The predicted octanol–water partition coefficient (Wildman–Crippen LogP) is 5.03. The van der Waals surface area contributed by atoms with Gasteiger partial charge in [0.15, 0.2) is 0 Å². The topological polar surface area (TPSA) is 0 Å². The molecule has 1 aromatic carbocycles. The maximum atomic E-state index is 13.2. The maximum Gasteiger partial charge on any atom is 0.124 e. The van der Waals surface area contributed by atoms with Crippen LogP contribution in [0.4, 0.5) is 4.39 Å². The summed E-state index contributed by atoms with van der Waals surface area (Å²) in [4.78, 5) is 0. The molecule has 90 valence electrons. The molecule has 16 heavy (non-hydrogen) atoms. The molecule has 0 saturated heterocycles. The number of halogens is 3. The number of hydrogen-bond donors (Lipinski definition) is 0. The highest BCUT2D eigenvalue weighted by Crippen LogP contribution is 2.22. The van der Waals surface area contributed by atoms with E-state index in [-0.39, 0.29) is 5.82 Å². The summed E-state index contributed by atoms with van der Waals surface area (Å²) < 4.78 is 14.0. The molecule has 0 N–H and O–H groups in total. The van der Waals surface area contributed by atoms with Gasteiger partial charge >= 0.3 is 0 Å². The Bertz CT molecular complexity index is 318. The average Bonchev–Trinajstić information content (AvgIpc) is 2.14. The number of alkyl halides is 1. The molecule has 1 unspecified atom stereocenters. The molecule has 0 aliphatic heterocycles. The largest absolute Gasteiger partial charge is 0.207 e. The van der Waals surface area contributed by atoms with Crippen molar-refractivity contribution in [3.8, 4) is 0 Å². The summed E-state index contributed by atoms with van der Waals surface area (Å²) in [6.07, 6.45) is 1.93. The van der Waals surface area contributed by atoms with Gasteiger partial charge in [0.1, 0.15) is 5.82 Å². The average molecular weight is 308 g/mol. The first-order valence-electron chi connectivity index (χ1n) is 5.52. The third kappa shape index (κ3) is 4.84. The zero-order valence-electron chi connectivity index (χ0n) is 9.64. The van der Waals surface area contributed by atoms with E-state index in [1.54, 1.807) is 6.07 Å². The highest BCUT2D eigenvalue weighted by atomic mass is 79.9. The van der Waals surface area contributed by atoms with E-state index in [0.717, 1.165) is 22.9 Å². The Hall–Kier alpha value is -0.0800. The fourth-order valence-electron chi connectivity index (χ4n) is 1.93. The summed E-state index contributed by atoms with van der Waals surface area (Å²) in [6.45, 7) is 4.36. The van der Waals surface area contributed by atoms with Gasteiger partial charge in [-0.2, -0.15) is 0 Å². The van der Waals surface area contributed by atoms with Crippen LogP contribution in [0.3, 0.4) is 0 Å². The Morgan fingerprint density at radius 2 is 2.00 bits per heavy atom. The number of rotatable bonds is 5. The lowest BCUT2D eigenvalue weighted by Crippen LogP contribution is -2.10. The molecule has 3 heteroatoms. The molecule has 0 spiro atoms. The highest BCUT2D eigenvalue weighted by Gasteiger charge is 2.11. The van der Waals surface area contributed by atoms with E-state index in [9.17, 15) is 4.39 Å². The summed E-state index contributed by atoms with van der Waals surface area (Å²) >= 11 is 9.24. The third-order valence-electron chi connectivity index (χ3n) is 2.47. The first kappa shape index (κ1) is 14.0. The van der Waals surface area contributed by atoms with E-state index in [0.29, 0.717) is 17.7 Å². The van der Waals surface area contributed by atoms with Gasteiger partial charge in [-0.15, -0.1) is 11.6 Å². The first-order valence-corrected chi connectivity index (χ1v) is 6.85. The van der Waals surface area contributed by atoms with Crippen molar-refractivity contribution < 1.29 is 4.39 Å². The van der Waals surface area contributed by atoms with Crippen LogP contribution in [-0.2, 0) is 6.42 Å². The van der Waals surface area contributed by atoms with E-state index in [4.69, 9.17) is 11.6 Å². The Morgan fingerprint density at radius 1 is 1.31 bits per heavy atom. The van der Waals surface area contributed by atoms with Crippen LogP contribution in [0.25, 0.3) is 0 Å². The zero-order chi connectivity index (χ0) is 12.1. The van der Waals surface area contributed by atoms with Crippen molar-refractivity contribution in [2.75, 3.05) is 5.88 Å². The van der Waals surface area contributed by atoms with E-state index in [1.807, 2.05) is 6.07 Å². The van der Waals surface area contributed by atoms with Gasteiger partial charge in [0.2, 0.25) is 0 Å². The van der Waals surface area contributed by atoms with E-state index in [1.165, 1.54) is 6.07 Å². The quantitative estimate of drug-likeness (QED) is 0.669. The van der Waals surface area contributed by atoms with Crippen molar-refractivity contribution in [1.29, 1.82) is 0 Å². The van der Waals surface area contributed by atoms with Crippen molar-refractivity contribution in [3.63, 3.8) is 0 Å². The van der Waals surface area contributed by atoms with Gasteiger partial charge in [-0.1, -0.05) is 29.8 Å². The van der Waals surface area contributed by atoms with Crippen molar-refractivity contribution in [2.45, 2.75) is 26.7 Å². The molecule has 0 nitrogen and oxygen atoms in total. The van der Waals surface area contributed by atoms with Crippen molar-refractivity contribution >= 4 is 27.5 Å². The molecule has 1 aromatic rings. The van der Waals surface area contributed by atoms with Crippen LogP contribution in [0, 0.1) is 17.7 Å². The number of hydrogen-bond acceptors (Lipinski definition) is 0. The van der Waals surface area contributed by atoms with Crippen LogP contribution in [0.15, 0.2) is 22.7 Å². The monoisotopic (exact) mass is 306 g/mol. The van der Waals surface area contributed by atoms with Gasteiger partial charge in [0.05, 0.1) is 0 Å². The van der Waals surface area contributed by atoms with Gasteiger partial charge < -0.3 is 0 Å². The fourth-order valence-corrected chi connectivity index (χ4v) is 2.68. The van der Waals surface area contributed by atoms with Crippen LogP contribution in [-0.4, -0.2) is 5.88 Å². The number of benzene rings is 1. The molecule has 0 aliphatic rings. The van der Waals surface area contributed by atoms with Crippen molar-refractivity contribution in [1.82, 2.24) is 0 Å². The molecule has 0 heterocycles. The van der Waals surface area contributed by atoms with Crippen molar-refractivity contribution in [2.24, 2.45) is 11.8 Å². The second-order valence-corrected chi connectivity index (χ2v) is 5.86. The molecule has 0 amide bonds. The lowest BCUT2D eigenvalue weighted by molar-refractivity contribution is 0.440. The summed E-state index contributed by atoms with van der Waals surface area (Å²) in [5, 5.41) is 0. The minimum absolute atomic E-state index is 0.192. The summed E-state index contributed by atoms with van der Waals surface area (Å²) in [5.74, 6) is 1.49. The summed E-state index contributed by atoms with van der Waals surface area (Å²) in [6, 6.07) is 5.02. The van der Waals surface area contributed by atoms with Crippen molar-refractivity contribution in [3.05, 3.63) is 34.1 Å². The second kappa shape index (κ2) is 6.61. The van der Waals surface area contributed by atoms with Gasteiger partial charge in [-0.05, 0) is 48.4 Å². The Labute approximate surface area is 110 Å². The summed E-state index contributed by atoms with van der Waals surface area (Å²) in [5.41, 5.74) is 1.01. The van der Waals surface area contributed by atoms with Gasteiger partial charge in [-0.25, -0.2) is 4.39 Å². The van der Waals surface area contributed by atoms with Gasteiger partial charge in [0.25, 0.3) is 0 Å². The van der Waals surface area contributed by atoms with Gasteiger partial charge in [-0.3, -0.25) is 0 Å². The standard InChI is InChI=1S/C13H17BrClF/c1-9(2)3-11(8-15)4-10-5-12(14)7-13(16)6-10/h5-7,9,11H,3-4,8H2,1-2H3. The Morgan fingerprint density at radius 3 is 2.50 bits per heavy atom. The van der Waals surface area contributed by atoms with E-state index in [2.05, 4.69) is 29.8 Å². The SMILES string of the molecule is CC(C)CC(CCl)Cc1cc(F)cc(Br)c1.